The first-order chi connectivity index (χ1) is 10.1. The summed E-state index contributed by atoms with van der Waals surface area (Å²) in [6, 6.07) is 6.87. The maximum Gasteiger partial charge on any atom is 0.253 e. The van der Waals surface area contributed by atoms with Gasteiger partial charge in [0.25, 0.3) is 5.91 Å². The predicted molar refractivity (Wildman–Crippen MR) is 84.6 cm³/mol. The molecule has 0 radical (unpaired) electrons. The smallest absolute Gasteiger partial charge is 0.253 e. The summed E-state index contributed by atoms with van der Waals surface area (Å²) >= 11 is 0. The van der Waals surface area contributed by atoms with Gasteiger partial charge in [0.05, 0.1) is 0 Å². The Labute approximate surface area is 126 Å². The fourth-order valence-corrected chi connectivity index (χ4v) is 2.27. The average Bonchev–Trinajstić information content (AvgIpc) is 2.55. The number of benzene rings is 1. The third-order valence-electron chi connectivity index (χ3n) is 3.82. The topological polar surface area (TPSA) is 78.9 Å². The van der Waals surface area contributed by atoms with E-state index in [0.717, 1.165) is 19.4 Å². The lowest BCUT2D eigenvalue weighted by molar-refractivity contribution is 0.0735. The number of amidine groups is 1. The molecule has 1 amide bonds. The van der Waals surface area contributed by atoms with Gasteiger partial charge in [0, 0.05) is 24.2 Å². The van der Waals surface area contributed by atoms with Gasteiger partial charge in [0.2, 0.25) is 0 Å². The highest BCUT2D eigenvalue weighted by Crippen LogP contribution is 2.14. The van der Waals surface area contributed by atoms with Crippen LogP contribution in [0.2, 0.25) is 0 Å². The van der Waals surface area contributed by atoms with E-state index in [1.54, 1.807) is 24.3 Å². The van der Waals surface area contributed by atoms with E-state index in [1.807, 2.05) is 11.8 Å². The highest BCUT2D eigenvalue weighted by atomic mass is 16.4. The van der Waals surface area contributed by atoms with Gasteiger partial charge in [-0.2, -0.15) is 0 Å². The van der Waals surface area contributed by atoms with E-state index in [2.05, 4.69) is 19.0 Å². The summed E-state index contributed by atoms with van der Waals surface area (Å²) < 4.78 is 0. The largest absolute Gasteiger partial charge is 0.409 e. The summed E-state index contributed by atoms with van der Waals surface area (Å²) in [5.74, 6) is 0.505. The summed E-state index contributed by atoms with van der Waals surface area (Å²) in [5, 5.41) is 11.7. The molecule has 0 heterocycles. The fourth-order valence-electron chi connectivity index (χ4n) is 2.27. The quantitative estimate of drug-likeness (QED) is 0.351. The lowest BCUT2D eigenvalue weighted by atomic mass is 10.0. The minimum absolute atomic E-state index is 0.00712. The molecule has 21 heavy (non-hydrogen) atoms. The van der Waals surface area contributed by atoms with Gasteiger partial charge in [0.1, 0.15) is 0 Å². The van der Waals surface area contributed by atoms with Gasteiger partial charge in [-0.3, -0.25) is 4.79 Å². The Morgan fingerprint density at radius 3 is 2.43 bits per heavy atom. The lowest BCUT2D eigenvalue weighted by Crippen LogP contribution is -2.35. The highest BCUT2D eigenvalue weighted by molar-refractivity contribution is 6.01. The molecule has 0 saturated carbocycles. The molecule has 0 unspecified atom stereocenters. The molecule has 0 aliphatic rings. The van der Waals surface area contributed by atoms with E-state index in [-0.39, 0.29) is 11.7 Å². The molecule has 5 nitrogen and oxygen atoms in total. The van der Waals surface area contributed by atoms with Crippen molar-refractivity contribution in [2.75, 3.05) is 13.1 Å². The van der Waals surface area contributed by atoms with Crippen LogP contribution in [0.5, 0.6) is 0 Å². The van der Waals surface area contributed by atoms with Crippen LogP contribution in [-0.2, 0) is 0 Å². The second kappa shape index (κ2) is 8.29. The van der Waals surface area contributed by atoms with Crippen LogP contribution < -0.4 is 5.73 Å². The van der Waals surface area contributed by atoms with E-state index in [0.29, 0.717) is 23.6 Å². The standard InChI is InChI=1S/C16H25N3O2/c1-4-12(5-2)11-19(6-3)16(20)14-9-7-8-13(10-14)15(17)18-21/h7-10,12,21H,4-6,11H2,1-3H3,(H2,17,18). The first-order valence-corrected chi connectivity index (χ1v) is 7.44. The van der Waals surface area contributed by atoms with Crippen molar-refractivity contribution in [3.05, 3.63) is 35.4 Å². The van der Waals surface area contributed by atoms with Crippen molar-refractivity contribution in [2.24, 2.45) is 16.8 Å². The van der Waals surface area contributed by atoms with E-state index >= 15 is 0 Å². The number of carbonyl (C=O) groups excluding carboxylic acids is 1. The van der Waals surface area contributed by atoms with Crippen molar-refractivity contribution >= 4 is 11.7 Å². The van der Waals surface area contributed by atoms with E-state index in [4.69, 9.17) is 10.9 Å². The van der Waals surface area contributed by atoms with Crippen LogP contribution in [0.3, 0.4) is 0 Å². The zero-order valence-corrected chi connectivity index (χ0v) is 13.0. The molecule has 3 N–H and O–H groups in total. The van der Waals surface area contributed by atoms with Gasteiger partial charge in [-0.15, -0.1) is 0 Å². The summed E-state index contributed by atoms with van der Waals surface area (Å²) in [6.45, 7) is 7.70. The number of rotatable bonds is 7. The molecule has 0 aromatic heterocycles. The molecule has 0 atom stereocenters. The van der Waals surface area contributed by atoms with E-state index in [9.17, 15) is 4.79 Å². The van der Waals surface area contributed by atoms with E-state index < -0.39 is 0 Å². The molecule has 1 aromatic rings. The summed E-state index contributed by atoms with van der Waals surface area (Å²) in [4.78, 5) is 14.4. The minimum Gasteiger partial charge on any atom is -0.409 e. The van der Waals surface area contributed by atoms with Crippen LogP contribution in [0.15, 0.2) is 29.4 Å². The molecule has 0 spiro atoms. The SMILES string of the molecule is CCC(CC)CN(CC)C(=O)c1cccc(C(N)=NO)c1. The minimum atomic E-state index is -0.0167. The molecule has 0 aliphatic heterocycles. The van der Waals surface area contributed by atoms with Crippen molar-refractivity contribution in [1.82, 2.24) is 4.90 Å². The number of oxime groups is 1. The Kier molecular flexibility index (Phi) is 6.72. The normalized spacial score (nSPS) is 11.7. The van der Waals surface area contributed by atoms with Gasteiger partial charge in [-0.1, -0.05) is 44.0 Å². The van der Waals surface area contributed by atoms with Gasteiger partial charge >= 0.3 is 0 Å². The zero-order chi connectivity index (χ0) is 15.8. The van der Waals surface area contributed by atoms with Gasteiger partial charge in [-0.05, 0) is 25.0 Å². The lowest BCUT2D eigenvalue weighted by Gasteiger charge is -2.25. The molecule has 5 heteroatoms. The van der Waals surface area contributed by atoms with Crippen molar-refractivity contribution in [1.29, 1.82) is 0 Å². The van der Waals surface area contributed by atoms with Crippen molar-refractivity contribution < 1.29 is 10.0 Å². The first kappa shape index (κ1) is 17.0. The predicted octanol–water partition coefficient (Wildman–Crippen LogP) is 2.68. The first-order valence-electron chi connectivity index (χ1n) is 7.44. The molecule has 0 saturated heterocycles. The average molecular weight is 291 g/mol. The van der Waals surface area contributed by atoms with Crippen molar-refractivity contribution in [3.63, 3.8) is 0 Å². The van der Waals surface area contributed by atoms with Crippen LogP contribution in [0, 0.1) is 5.92 Å². The summed E-state index contributed by atoms with van der Waals surface area (Å²) in [6.07, 6.45) is 2.12. The maximum atomic E-state index is 12.6. The number of hydrogen-bond acceptors (Lipinski definition) is 3. The number of nitrogens with two attached hydrogens (primary N) is 1. The van der Waals surface area contributed by atoms with Crippen LogP contribution >= 0.6 is 0 Å². The molecule has 1 rings (SSSR count). The van der Waals surface area contributed by atoms with E-state index in [1.165, 1.54) is 0 Å². The molecule has 0 bridgehead atoms. The van der Waals surface area contributed by atoms with Crippen molar-refractivity contribution in [3.8, 4) is 0 Å². The van der Waals surface area contributed by atoms with Gasteiger partial charge in [-0.25, -0.2) is 0 Å². The van der Waals surface area contributed by atoms with Crippen LogP contribution in [0.4, 0.5) is 0 Å². The second-order valence-electron chi connectivity index (χ2n) is 5.09. The Hall–Kier alpha value is -2.04. The number of amides is 1. The Morgan fingerprint density at radius 2 is 1.90 bits per heavy atom. The van der Waals surface area contributed by atoms with Gasteiger partial charge < -0.3 is 15.8 Å². The Balaban J connectivity index is 2.95. The monoisotopic (exact) mass is 291 g/mol. The third kappa shape index (κ3) is 4.48. The Morgan fingerprint density at radius 1 is 1.29 bits per heavy atom. The summed E-state index contributed by atoms with van der Waals surface area (Å²) in [5.41, 5.74) is 6.68. The maximum absolute atomic E-state index is 12.6. The molecule has 1 aromatic carbocycles. The van der Waals surface area contributed by atoms with Gasteiger partial charge in [0.15, 0.2) is 5.84 Å². The fraction of sp³-hybridized carbons (Fsp3) is 0.500. The number of hydrogen-bond donors (Lipinski definition) is 2. The Bertz CT molecular complexity index is 496. The van der Waals surface area contributed by atoms with Crippen LogP contribution in [0.25, 0.3) is 0 Å². The molecular weight excluding hydrogens is 266 g/mol. The molecule has 0 fully saturated rings. The van der Waals surface area contributed by atoms with Crippen LogP contribution in [0.1, 0.15) is 49.5 Å². The number of carbonyl (C=O) groups is 1. The second-order valence-corrected chi connectivity index (χ2v) is 5.09. The highest BCUT2D eigenvalue weighted by Gasteiger charge is 2.18. The molecule has 0 aliphatic carbocycles. The number of nitrogens with zero attached hydrogens (tertiary/aromatic N) is 2. The third-order valence-corrected chi connectivity index (χ3v) is 3.82. The zero-order valence-electron chi connectivity index (χ0n) is 13.0. The summed E-state index contributed by atoms with van der Waals surface area (Å²) in [7, 11) is 0. The van der Waals surface area contributed by atoms with Crippen LogP contribution in [-0.4, -0.2) is 34.9 Å². The molecular formula is C16H25N3O2. The molecule has 116 valence electrons. The van der Waals surface area contributed by atoms with Crippen molar-refractivity contribution in [2.45, 2.75) is 33.6 Å².